The minimum Gasteiger partial charge on any atom is -0.383 e. The van der Waals surface area contributed by atoms with Crippen molar-refractivity contribution in [3.63, 3.8) is 0 Å². The van der Waals surface area contributed by atoms with Gasteiger partial charge in [0.25, 0.3) is 5.56 Å². The number of fused-ring (bicyclic) bond motifs is 1. The molecule has 0 bridgehead atoms. The third kappa shape index (κ3) is 4.25. The fourth-order valence-corrected chi connectivity index (χ4v) is 3.16. The van der Waals surface area contributed by atoms with E-state index >= 15 is 0 Å². The SMILES string of the molecule is COCCn1nc(CNC(=O)/C=C/c2cccs2)c2ccccc2c1=O. The quantitative estimate of drug-likeness (QED) is 0.649. The zero-order valence-electron chi connectivity index (χ0n) is 14.3. The Morgan fingerprint density at radius 1 is 1.27 bits per heavy atom. The molecule has 2 heterocycles. The molecule has 0 aliphatic rings. The number of thiophene rings is 1. The smallest absolute Gasteiger partial charge is 0.274 e. The highest BCUT2D eigenvalue weighted by Gasteiger charge is 2.10. The lowest BCUT2D eigenvalue weighted by Crippen LogP contribution is -2.29. The molecule has 0 atom stereocenters. The van der Waals surface area contributed by atoms with Crippen molar-refractivity contribution in [2.24, 2.45) is 0 Å². The van der Waals surface area contributed by atoms with Gasteiger partial charge >= 0.3 is 0 Å². The molecule has 0 aliphatic heterocycles. The monoisotopic (exact) mass is 369 g/mol. The molecule has 6 nitrogen and oxygen atoms in total. The van der Waals surface area contributed by atoms with E-state index in [1.807, 2.05) is 35.7 Å². The minimum absolute atomic E-state index is 0.162. The van der Waals surface area contributed by atoms with Crippen LogP contribution in [0.5, 0.6) is 0 Å². The fourth-order valence-electron chi connectivity index (χ4n) is 2.54. The number of benzene rings is 1. The molecular formula is C19H19N3O3S. The summed E-state index contributed by atoms with van der Waals surface area (Å²) in [6.07, 6.45) is 3.26. The Labute approximate surface area is 154 Å². The van der Waals surface area contributed by atoms with Crippen LogP contribution in [0.15, 0.2) is 52.6 Å². The van der Waals surface area contributed by atoms with Crippen molar-refractivity contribution in [1.29, 1.82) is 0 Å². The summed E-state index contributed by atoms with van der Waals surface area (Å²) in [7, 11) is 1.58. The van der Waals surface area contributed by atoms with Crippen LogP contribution in [-0.2, 0) is 22.6 Å². The van der Waals surface area contributed by atoms with Crippen LogP contribution in [-0.4, -0.2) is 29.4 Å². The van der Waals surface area contributed by atoms with Crippen molar-refractivity contribution >= 4 is 34.1 Å². The second kappa shape index (κ2) is 8.55. The summed E-state index contributed by atoms with van der Waals surface area (Å²) in [5.41, 5.74) is 0.486. The van der Waals surface area contributed by atoms with Crippen molar-refractivity contribution < 1.29 is 9.53 Å². The number of methoxy groups -OCH3 is 1. The fraction of sp³-hybridized carbons (Fsp3) is 0.211. The molecule has 0 unspecified atom stereocenters. The number of carbonyl (C=O) groups excluding carboxylic acids is 1. The molecular weight excluding hydrogens is 350 g/mol. The van der Waals surface area contributed by atoms with E-state index in [2.05, 4.69) is 10.4 Å². The second-order valence-electron chi connectivity index (χ2n) is 5.58. The molecule has 0 aliphatic carbocycles. The van der Waals surface area contributed by atoms with E-state index in [1.54, 1.807) is 30.6 Å². The molecule has 0 radical (unpaired) electrons. The molecule has 0 spiro atoms. The van der Waals surface area contributed by atoms with Gasteiger partial charge < -0.3 is 10.1 Å². The highest BCUT2D eigenvalue weighted by molar-refractivity contribution is 7.10. The van der Waals surface area contributed by atoms with Crippen LogP contribution < -0.4 is 10.9 Å². The van der Waals surface area contributed by atoms with Crippen LogP contribution in [0.3, 0.4) is 0 Å². The highest BCUT2D eigenvalue weighted by atomic mass is 32.1. The highest BCUT2D eigenvalue weighted by Crippen LogP contribution is 2.13. The van der Waals surface area contributed by atoms with E-state index in [9.17, 15) is 9.59 Å². The summed E-state index contributed by atoms with van der Waals surface area (Å²) in [6, 6.07) is 11.1. The van der Waals surface area contributed by atoms with Gasteiger partial charge in [-0.2, -0.15) is 5.10 Å². The average Bonchev–Trinajstić information content (AvgIpc) is 3.19. The number of hydrogen-bond donors (Lipinski definition) is 1. The Morgan fingerprint density at radius 2 is 2.08 bits per heavy atom. The van der Waals surface area contributed by atoms with Gasteiger partial charge in [-0.15, -0.1) is 11.3 Å². The number of amides is 1. The first-order valence-electron chi connectivity index (χ1n) is 8.16. The van der Waals surface area contributed by atoms with Crippen molar-refractivity contribution in [2.75, 3.05) is 13.7 Å². The van der Waals surface area contributed by atoms with Gasteiger partial charge in [-0.3, -0.25) is 9.59 Å². The van der Waals surface area contributed by atoms with E-state index in [-0.39, 0.29) is 18.0 Å². The van der Waals surface area contributed by atoms with Gasteiger partial charge in [0.1, 0.15) is 0 Å². The number of hydrogen-bond acceptors (Lipinski definition) is 5. The van der Waals surface area contributed by atoms with Gasteiger partial charge in [0.15, 0.2) is 0 Å². The van der Waals surface area contributed by atoms with Crippen LogP contribution >= 0.6 is 11.3 Å². The number of rotatable bonds is 7. The Bertz CT molecular complexity index is 977. The Kier molecular flexibility index (Phi) is 5.93. The third-order valence-corrected chi connectivity index (χ3v) is 4.66. The van der Waals surface area contributed by atoms with E-state index < -0.39 is 0 Å². The van der Waals surface area contributed by atoms with E-state index in [4.69, 9.17) is 4.74 Å². The van der Waals surface area contributed by atoms with Gasteiger partial charge in [0.05, 0.1) is 30.8 Å². The molecule has 1 amide bonds. The van der Waals surface area contributed by atoms with Gasteiger partial charge in [0, 0.05) is 23.4 Å². The van der Waals surface area contributed by atoms with Crippen LogP contribution in [0.4, 0.5) is 0 Å². The Hall–Kier alpha value is -2.77. The third-order valence-electron chi connectivity index (χ3n) is 3.82. The van der Waals surface area contributed by atoms with E-state index in [0.717, 1.165) is 10.3 Å². The largest absolute Gasteiger partial charge is 0.383 e. The molecule has 3 aromatic rings. The molecule has 0 fully saturated rings. The van der Waals surface area contributed by atoms with E-state index in [1.165, 1.54) is 10.8 Å². The lowest BCUT2D eigenvalue weighted by atomic mass is 10.1. The van der Waals surface area contributed by atoms with Gasteiger partial charge in [-0.05, 0) is 23.6 Å². The summed E-state index contributed by atoms with van der Waals surface area (Å²) in [6.45, 7) is 0.987. The van der Waals surface area contributed by atoms with Gasteiger partial charge in [0.2, 0.25) is 5.91 Å². The van der Waals surface area contributed by atoms with Crippen molar-refractivity contribution in [2.45, 2.75) is 13.1 Å². The summed E-state index contributed by atoms with van der Waals surface area (Å²) in [5.74, 6) is -0.209. The Morgan fingerprint density at radius 3 is 2.81 bits per heavy atom. The molecule has 134 valence electrons. The molecule has 0 saturated heterocycles. The predicted molar refractivity (Wildman–Crippen MR) is 103 cm³/mol. The molecule has 7 heteroatoms. The normalized spacial score (nSPS) is 11.3. The van der Waals surface area contributed by atoms with Crippen LogP contribution in [0.25, 0.3) is 16.8 Å². The standard InChI is InChI=1S/C19H19N3O3S/c1-25-11-10-22-19(24)16-7-3-2-6-15(16)17(21-22)13-20-18(23)9-8-14-5-4-12-26-14/h2-9,12H,10-11,13H2,1H3,(H,20,23)/b9-8+. The maximum absolute atomic E-state index is 12.5. The zero-order valence-corrected chi connectivity index (χ0v) is 15.2. The zero-order chi connectivity index (χ0) is 18.4. The topological polar surface area (TPSA) is 73.2 Å². The van der Waals surface area contributed by atoms with Crippen LogP contribution in [0.2, 0.25) is 0 Å². The molecule has 3 rings (SSSR count). The minimum atomic E-state index is -0.209. The molecule has 2 aromatic heterocycles. The maximum Gasteiger partial charge on any atom is 0.274 e. The summed E-state index contributed by atoms with van der Waals surface area (Å²) in [4.78, 5) is 25.6. The molecule has 1 aromatic carbocycles. The molecule has 1 N–H and O–H groups in total. The first-order chi connectivity index (χ1) is 12.7. The summed E-state index contributed by atoms with van der Waals surface area (Å²) in [5, 5.41) is 10.5. The lowest BCUT2D eigenvalue weighted by Gasteiger charge is -2.11. The number of carbonyl (C=O) groups is 1. The van der Waals surface area contributed by atoms with Crippen LogP contribution in [0.1, 0.15) is 10.6 Å². The lowest BCUT2D eigenvalue weighted by molar-refractivity contribution is -0.116. The molecule has 0 saturated carbocycles. The number of nitrogens with zero attached hydrogens (tertiary/aromatic N) is 2. The molecule has 26 heavy (non-hydrogen) atoms. The second-order valence-corrected chi connectivity index (χ2v) is 6.56. The number of ether oxygens (including phenoxy) is 1. The first kappa shape index (κ1) is 18.0. The summed E-state index contributed by atoms with van der Waals surface area (Å²) >= 11 is 1.56. The summed E-state index contributed by atoms with van der Waals surface area (Å²) < 4.78 is 6.42. The number of nitrogens with one attached hydrogen (secondary N) is 1. The maximum atomic E-state index is 12.5. The van der Waals surface area contributed by atoms with Crippen molar-refractivity contribution in [3.05, 3.63) is 68.8 Å². The average molecular weight is 369 g/mol. The van der Waals surface area contributed by atoms with Crippen molar-refractivity contribution in [1.82, 2.24) is 15.1 Å². The van der Waals surface area contributed by atoms with E-state index in [0.29, 0.717) is 24.2 Å². The van der Waals surface area contributed by atoms with Crippen molar-refractivity contribution in [3.8, 4) is 0 Å². The van der Waals surface area contributed by atoms with Gasteiger partial charge in [-0.1, -0.05) is 24.3 Å². The number of aromatic nitrogens is 2. The van der Waals surface area contributed by atoms with Gasteiger partial charge in [-0.25, -0.2) is 4.68 Å². The Balaban J connectivity index is 1.81. The first-order valence-corrected chi connectivity index (χ1v) is 9.04. The predicted octanol–water partition coefficient (Wildman–Crippen LogP) is 2.43. The van der Waals surface area contributed by atoms with Crippen LogP contribution in [0, 0.1) is 0 Å².